The zero-order valence-electron chi connectivity index (χ0n) is 30.7. The van der Waals surface area contributed by atoms with Gasteiger partial charge in [-0.05, 0) is 0 Å². The Kier molecular flexibility index (Phi) is 110. The standard InChI is InChI=1S/6C6H14.CHCl3/c6*1-3-5-6-4-2;2-1(3)4/h6*3-6H2,1-2H3;1H. The number of hydrogen-bond acceptors (Lipinski definition) is 0. The van der Waals surface area contributed by atoms with Crippen molar-refractivity contribution in [3.8, 4) is 0 Å². The summed E-state index contributed by atoms with van der Waals surface area (Å²) >= 11 is 14.4. The average molecular weight is 636 g/mol. The summed E-state index contributed by atoms with van der Waals surface area (Å²) in [6.45, 7) is 26.8. The molecule has 0 aliphatic rings. The molecule has 0 rings (SSSR count). The lowest BCUT2D eigenvalue weighted by molar-refractivity contribution is 0.702. The van der Waals surface area contributed by atoms with E-state index in [1.807, 2.05) is 0 Å². The van der Waals surface area contributed by atoms with Crippen LogP contribution < -0.4 is 0 Å². The van der Waals surface area contributed by atoms with Crippen molar-refractivity contribution < 1.29 is 0 Å². The molecular formula is C37H85Cl3. The minimum Gasteiger partial charge on any atom is -0.0874 e. The Morgan fingerprint density at radius 2 is 0.275 bits per heavy atom. The van der Waals surface area contributed by atoms with Gasteiger partial charge >= 0.3 is 0 Å². The van der Waals surface area contributed by atoms with Gasteiger partial charge in [-0.1, -0.05) is 272 Å². The Bertz CT molecular complexity index is 181. The first-order chi connectivity index (χ1) is 19.2. The molecule has 0 fully saturated rings. The molecule has 0 aliphatic carbocycles. The van der Waals surface area contributed by atoms with Gasteiger partial charge in [-0.3, -0.25) is 0 Å². The summed E-state index contributed by atoms with van der Waals surface area (Å²) < 4.78 is -0.750. The van der Waals surface area contributed by atoms with Gasteiger partial charge in [-0.25, -0.2) is 0 Å². The van der Waals surface area contributed by atoms with Crippen LogP contribution in [0.25, 0.3) is 0 Å². The van der Waals surface area contributed by atoms with E-state index in [0.29, 0.717) is 0 Å². The first-order valence-electron chi connectivity index (χ1n) is 18.1. The lowest BCUT2D eigenvalue weighted by Crippen LogP contribution is -1.66. The van der Waals surface area contributed by atoms with Crippen LogP contribution in [0.15, 0.2) is 0 Å². The molecule has 0 N–H and O–H groups in total. The minimum absolute atomic E-state index is 0.750. The highest BCUT2D eigenvalue weighted by Crippen LogP contribution is 2.03. The number of alkyl halides is 3. The normalized spacial score (nSPS) is 9.00. The summed E-state index contributed by atoms with van der Waals surface area (Å²) in [5.41, 5.74) is 0. The first-order valence-corrected chi connectivity index (χ1v) is 19.4. The topological polar surface area (TPSA) is 0 Å². The van der Waals surface area contributed by atoms with Crippen LogP contribution in [0.5, 0.6) is 0 Å². The van der Waals surface area contributed by atoms with Crippen molar-refractivity contribution in [2.24, 2.45) is 0 Å². The third-order valence-corrected chi connectivity index (χ3v) is 5.74. The predicted molar refractivity (Wildman–Crippen MR) is 200 cm³/mol. The number of rotatable bonds is 18. The van der Waals surface area contributed by atoms with Crippen LogP contribution in [0.2, 0.25) is 0 Å². The molecule has 0 saturated carbocycles. The van der Waals surface area contributed by atoms with Gasteiger partial charge in [0, 0.05) is 0 Å². The van der Waals surface area contributed by atoms with Crippen LogP contribution in [0.1, 0.15) is 237 Å². The van der Waals surface area contributed by atoms with Gasteiger partial charge in [0.1, 0.15) is 0 Å². The van der Waals surface area contributed by atoms with E-state index >= 15 is 0 Å². The molecule has 254 valence electrons. The number of hydrogen-bond donors (Lipinski definition) is 0. The van der Waals surface area contributed by atoms with Crippen LogP contribution in [0, 0.1) is 0 Å². The van der Waals surface area contributed by atoms with E-state index < -0.39 is 4.30 Å². The fraction of sp³-hybridized carbons (Fsp3) is 1.00. The molecule has 0 aromatic rings. The molecular weight excluding hydrogens is 551 g/mol. The van der Waals surface area contributed by atoms with Crippen molar-refractivity contribution in [1.29, 1.82) is 0 Å². The van der Waals surface area contributed by atoms with Crippen LogP contribution in [0.4, 0.5) is 0 Å². The smallest absolute Gasteiger partial charge is 0.0874 e. The fourth-order valence-corrected chi connectivity index (χ4v) is 3.00. The van der Waals surface area contributed by atoms with E-state index in [4.69, 9.17) is 34.8 Å². The van der Waals surface area contributed by atoms with Gasteiger partial charge in [0.15, 0.2) is 4.30 Å². The summed E-state index contributed by atoms with van der Waals surface area (Å²) in [6.07, 6.45) is 33.2. The molecule has 0 saturated heterocycles. The SMILES string of the molecule is CCCCCC.CCCCCC.CCCCCC.CCCCCC.CCCCCC.CCCCCC.ClC(Cl)Cl. The number of unbranched alkanes of at least 4 members (excludes halogenated alkanes) is 18. The average Bonchev–Trinajstić information content (AvgIpc) is 2.96. The lowest BCUT2D eigenvalue weighted by atomic mass is 10.2. The third kappa shape index (κ3) is 157. The number of halogens is 3. The van der Waals surface area contributed by atoms with E-state index in [0.717, 1.165) is 0 Å². The van der Waals surface area contributed by atoms with Crippen molar-refractivity contribution in [3.63, 3.8) is 0 Å². The molecule has 3 heteroatoms. The monoisotopic (exact) mass is 635 g/mol. The molecule has 0 spiro atoms. The largest absolute Gasteiger partial charge is 0.180 e. The molecule has 0 aromatic heterocycles. The van der Waals surface area contributed by atoms with Gasteiger partial charge < -0.3 is 0 Å². The molecule has 0 aromatic carbocycles. The van der Waals surface area contributed by atoms with Crippen LogP contribution in [0.3, 0.4) is 0 Å². The quantitative estimate of drug-likeness (QED) is 0.104. The van der Waals surface area contributed by atoms with Gasteiger partial charge in [-0.2, -0.15) is 0 Å². The van der Waals surface area contributed by atoms with Crippen molar-refractivity contribution in [1.82, 2.24) is 0 Å². The molecule has 40 heavy (non-hydrogen) atoms. The Balaban J connectivity index is -0.0000000637. The molecule has 0 unspecified atom stereocenters. The maximum Gasteiger partial charge on any atom is 0.180 e. The molecule has 0 heterocycles. The molecule has 0 aliphatic heterocycles. The summed E-state index contributed by atoms with van der Waals surface area (Å²) in [5.74, 6) is 0. The van der Waals surface area contributed by atoms with Crippen LogP contribution in [-0.4, -0.2) is 4.30 Å². The van der Waals surface area contributed by atoms with E-state index in [-0.39, 0.29) is 0 Å². The van der Waals surface area contributed by atoms with Crippen molar-refractivity contribution in [2.75, 3.05) is 0 Å². The van der Waals surface area contributed by atoms with E-state index in [2.05, 4.69) is 83.1 Å². The summed E-state index contributed by atoms with van der Waals surface area (Å²) in [5, 5.41) is 0. The second kappa shape index (κ2) is 77.6. The first kappa shape index (κ1) is 56.6. The molecule has 0 nitrogen and oxygen atoms in total. The van der Waals surface area contributed by atoms with E-state index in [1.165, 1.54) is 154 Å². The van der Waals surface area contributed by atoms with Crippen molar-refractivity contribution in [3.05, 3.63) is 0 Å². The molecule has 0 atom stereocenters. The summed E-state index contributed by atoms with van der Waals surface area (Å²) in [6, 6.07) is 0. The zero-order chi connectivity index (χ0) is 32.5. The maximum absolute atomic E-state index is 4.81. The Morgan fingerprint density at radius 1 is 0.225 bits per heavy atom. The highest BCUT2D eigenvalue weighted by atomic mass is 35.6. The van der Waals surface area contributed by atoms with Gasteiger partial charge in [0.05, 0.1) is 0 Å². The third-order valence-electron chi connectivity index (χ3n) is 5.74. The summed E-state index contributed by atoms with van der Waals surface area (Å²) in [7, 11) is 0. The van der Waals surface area contributed by atoms with Crippen LogP contribution >= 0.6 is 34.8 Å². The minimum atomic E-state index is -0.750. The van der Waals surface area contributed by atoms with E-state index in [9.17, 15) is 0 Å². The van der Waals surface area contributed by atoms with Crippen LogP contribution in [-0.2, 0) is 0 Å². The maximum atomic E-state index is 4.81. The zero-order valence-corrected chi connectivity index (χ0v) is 32.9. The summed E-state index contributed by atoms with van der Waals surface area (Å²) in [4.78, 5) is 0. The van der Waals surface area contributed by atoms with Crippen molar-refractivity contribution in [2.45, 2.75) is 241 Å². The van der Waals surface area contributed by atoms with Gasteiger partial charge in [0.25, 0.3) is 0 Å². The van der Waals surface area contributed by atoms with Gasteiger partial charge in [0.2, 0.25) is 0 Å². The highest BCUT2D eigenvalue weighted by Gasteiger charge is 1.79. The Hall–Kier alpha value is 0.870. The molecule has 0 radical (unpaired) electrons. The highest BCUT2D eigenvalue weighted by molar-refractivity contribution is 6.63. The lowest BCUT2D eigenvalue weighted by Gasteiger charge is -1.86. The van der Waals surface area contributed by atoms with Crippen molar-refractivity contribution >= 4 is 34.8 Å². The second-order valence-corrected chi connectivity index (χ2v) is 12.5. The predicted octanol–water partition coefficient (Wildman–Crippen LogP) is 17.5. The van der Waals surface area contributed by atoms with Gasteiger partial charge in [-0.15, -0.1) is 0 Å². The molecule has 0 amide bonds. The Morgan fingerprint density at radius 3 is 0.300 bits per heavy atom. The Labute approximate surface area is 275 Å². The second-order valence-electron chi connectivity index (χ2n) is 10.5. The van der Waals surface area contributed by atoms with E-state index in [1.54, 1.807) is 0 Å². The molecule has 0 bridgehead atoms. The fourth-order valence-electron chi connectivity index (χ4n) is 3.00.